The highest BCUT2D eigenvalue weighted by atomic mass is 32.2. The number of hydrogen-bond acceptors (Lipinski definition) is 6. The lowest BCUT2D eigenvalue weighted by molar-refractivity contribution is -0.129. The Hall–Kier alpha value is -2.55. The molecule has 4 atom stereocenters. The Labute approximate surface area is 214 Å². The Morgan fingerprint density at radius 3 is 2.44 bits per heavy atom. The first-order chi connectivity index (χ1) is 17.3. The van der Waals surface area contributed by atoms with Crippen LogP contribution in [0.5, 0.6) is 0 Å². The van der Waals surface area contributed by atoms with Crippen LogP contribution in [0, 0.1) is 5.92 Å². The molecule has 36 heavy (non-hydrogen) atoms. The molecule has 1 saturated carbocycles. The van der Waals surface area contributed by atoms with Gasteiger partial charge in [-0.1, -0.05) is 43.2 Å². The van der Waals surface area contributed by atoms with Crippen molar-refractivity contribution in [1.29, 1.82) is 0 Å². The summed E-state index contributed by atoms with van der Waals surface area (Å²) in [7, 11) is -1.88. The van der Waals surface area contributed by atoms with Crippen LogP contribution in [0.15, 0.2) is 64.4 Å². The van der Waals surface area contributed by atoms with Crippen molar-refractivity contribution < 1.29 is 18.0 Å². The number of nitrogens with one attached hydrogen (secondary N) is 2. The third-order valence-corrected chi connectivity index (χ3v) is 9.50. The maximum Gasteiger partial charge on any atom is 0.237 e. The first-order valence-corrected chi connectivity index (χ1v) is 14.4. The van der Waals surface area contributed by atoms with Gasteiger partial charge in [-0.15, -0.1) is 0 Å². The molecule has 0 spiro atoms. The van der Waals surface area contributed by atoms with Crippen LogP contribution in [0.25, 0.3) is 0 Å². The Morgan fingerprint density at radius 1 is 0.972 bits per heavy atom. The fourth-order valence-electron chi connectivity index (χ4n) is 5.64. The zero-order valence-electron chi connectivity index (χ0n) is 21.2. The van der Waals surface area contributed by atoms with Gasteiger partial charge in [0.2, 0.25) is 15.7 Å². The van der Waals surface area contributed by atoms with E-state index in [1.54, 1.807) is 50.4 Å². The Bertz CT molecular complexity index is 1170. The summed E-state index contributed by atoms with van der Waals surface area (Å²) in [6.07, 6.45) is 5.79. The molecule has 2 fully saturated rings. The summed E-state index contributed by atoms with van der Waals surface area (Å²) in [5.41, 5.74) is 0.984. The smallest absolute Gasteiger partial charge is 0.237 e. The molecular weight excluding hydrogens is 474 g/mol. The van der Waals surface area contributed by atoms with Crippen molar-refractivity contribution in [2.75, 3.05) is 20.1 Å². The van der Waals surface area contributed by atoms with Gasteiger partial charge in [-0.3, -0.25) is 14.5 Å². The molecule has 0 radical (unpaired) electrons. The van der Waals surface area contributed by atoms with E-state index >= 15 is 0 Å². The molecule has 194 valence electrons. The summed E-state index contributed by atoms with van der Waals surface area (Å²) in [6, 6.07) is 15.7. The standard InChI is InChI=1S/C28H37N3O4S/c1-20(29-2)28(33)30-19-27(32)24-14-6-7-15-26(24)31-17-9-16-25(31)21-10-8-13-23(18-21)36(34,35)22-11-4-3-5-12-22/h3-5,8,10-13,18,20,24-26,29H,6-7,9,14-17,19H2,1-2H3,(H,30,33)/t20-,24?,25+,26?/m0/s1. The minimum atomic E-state index is -3.60. The van der Waals surface area contributed by atoms with Crippen molar-refractivity contribution in [1.82, 2.24) is 15.5 Å². The van der Waals surface area contributed by atoms with Crippen LogP contribution in [-0.2, 0) is 19.4 Å². The summed E-state index contributed by atoms with van der Waals surface area (Å²) < 4.78 is 26.4. The third-order valence-electron chi connectivity index (χ3n) is 7.73. The van der Waals surface area contributed by atoms with Gasteiger partial charge in [-0.2, -0.15) is 0 Å². The van der Waals surface area contributed by atoms with E-state index in [1.165, 1.54) is 0 Å². The van der Waals surface area contributed by atoms with Crippen molar-refractivity contribution in [3.63, 3.8) is 0 Å². The van der Waals surface area contributed by atoms with E-state index in [9.17, 15) is 18.0 Å². The number of amides is 1. The van der Waals surface area contributed by atoms with Crippen LogP contribution in [-0.4, -0.2) is 57.2 Å². The third kappa shape index (κ3) is 5.71. The van der Waals surface area contributed by atoms with Crippen LogP contribution >= 0.6 is 0 Å². The molecule has 1 aliphatic heterocycles. The molecule has 2 aromatic carbocycles. The van der Waals surface area contributed by atoms with E-state index in [1.807, 2.05) is 18.2 Å². The maximum atomic E-state index is 13.2. The summed E-state index contributed by atoms with van der Waals surface area (Å²) in [5, 5.41) is 5.68. The van der Waals surface area contributed by atoms with Crippen molar-refractivity contribution in [3.05, 3.63) is 60.2 Å². The molecule has 2 aliphatic rings. The Morgan fingerprint density at radius 2 is 1.69 bits per heavy atom. The number of ketones is 1. The molecule has 1 amide bonds. The topological polar surface area (TPSA) is 95.6 Å². The molecule has 2 unspecified atom stereocenters. The monoisotopic (exact) mass is 511 g/mol. The van der Waals surface area contributed by atoms with Crippen LogP contribution in [0.3, 0.4) is 0 Å². The van der Waals surface area contributed by atoms with E-state index in [0.29, 0.717) is 4.90 Å². The number of nitrogens with zero attached hydrogens (tertiary/aromatic N) is 1. The molecule has 1 saturated heterocycles. The largest absolute Gasteiger partial charge is 0.348 e. The predicted octanol–water partition coefficient (Wildman–Crippen LogP) is 3.51. The summed E-state index contributed by atoms with van der Waals surface area (Å²) in [5.74, 6) is -0.211. The molecule has 0 bridgehead atoms. The number of benzene rings is 2. The molecule has 7 nitrogen and oxygen atoms in total. The Balaban J connectivity index is 1.53. The number of sulfone groups is 1. The first kappa shape index (κ1) is 26.5. The second-order valence-electron chi connectivity index (χ2n) is 9.94. The van der Waals surface area contributed by atoms with E-state index in [2.05, 4.69) is 15.5 Å². The average molecular weight is 512 g/mol. The molecule has 8 heteroatoms. The highest BCUT2D eigenvalue weighted by molar-refractivity contribution is 7.91. The SMILES string of the molecule is CN[C@@H](C)C(=O)NCC(=O)C1CCCCC1N1CCC[C@@H]1c1cccc(S(=O)(=O)c2ccccc2)c1. The van der Waals surface area contributed by atoms with E-state index in [-0.39, 0.29) is 47.2 Å². The van der Waals surface area contributed by atoms with Crippen LogP contribution in [0.1, 0.15) is 57.1 Å². The van der Waals surface area contributed by atoms with E-state index in [4.69, 9.17) is 0 Å². The number of hydrogen-bond donors (Lipinski definition) is 2. The van der Waals surface area contributed by atoms with Gasteiger partial charge < -0.3 is 10.6 Å². The van der Waals surface area contributed by atoms with Gasteiger partial charge in [-0.05, 0) is 76.0 Å². The van der Waals surface area contributed by atoms with E-state index < -0.39 is 9.84 Å². The minimum Gasteiger partial charge on any atom is -0.348 e. The number of Topliss-reactive ketones (excluding diaryl/α,β-unsaturated/α-hetero) is 1. The molecule has 2 N–H and O–H groups in total. The zero-order chi connectivity index (χ0) is 25.7. The number of likely N-dealkylation sites (tertiary alicyclic amines) is 1. The van der Waals surface area contributed by atoms with Gasteiger partial charge >= 0.3 is 0 Å². The van der Waals surface area contributed by atoms with Gasteiger partial charge in [-0.25, -0.2) is 8.42 Å². The maximum absolute atomic E-state index is 13.2. The van der Waals surface area contributed by atoms with Crippen molar-refractivity contribution in [2.24, 2.45) is 5.92 Å². The zero-order valence-corrected chi connectivity index (χ0v) is 22.0. The number of carbonyl (C=O) groups is 2. The van der Waals surface area contributed by atoms with Gasteiger partial charge in [0, 0.05) is 18.0 Å². The first-order valence-electron chi connectivity index (χ1n) is 13.0. The second-order valence-corrected chi connectivity index (χ2v) is 11.9. The van der Waals surface area contributed by atoms with Gasteiger partial charge in [0.25, 0.3) is 0 Å². The minimum absolute atomic E-state index is 0.0509. The second kappa shape index (κ2) is 11.7. The summed E-state index contributed by atoms with van der Waals surface area (Å²) in [6.45, 7) is 2.71. The lowest BCUT2D eigenvalue weighted by atomic mass is 9.80. The summed E-state index contributed by atoms with van der Waals surface area (Å²) in [4.78, 5) is 28.4. The van der Waals surface area contributed by atoms with Crippen molar-refractivity contribution >= 4 is 21.5 Å². The quantitative estimate of drug-likeness (QED) is 0.535. The molecule has 0 aromatic heterocycles. The normalized spacial score (nSPS) is 23.8. The molecule has 1 heterocycles. The van der Waals surface area contributed by atoms with Crippen LogP contribution in [0.2, 0.25) is 0 Å². The Kier molecular flexibility index (Phi) is 8.59. The highest BCUT2D eigenvalue weighted by Crippen LogP contribution is 2.40. The van der Waals surface area contributed by atoms with Crippen molar-refractivity contribution in [3.8, 4) is 0 Å². The molecule has 2 aromatic rings. The van der Waals surface area contributed by atoms with Crippen LogP contribution < -0.4 is 10.6 Å². The van der Waals surface area contributed by atoms with Crippen molar-refractivity contribution in [2.45, 2.75) is 73.4 Å². The lowest BCUT2D eigenvalue weighted by Gasteiger charge is -2.40. The highest BCUT2D eigenvalue weighted by Gasteiger charge is 2.40. The predicted molar refractivity (Wildman–Crippen MR) is 139 cm³/mol. The summed E-state index contributed by atoms with van der Waals surface area (Å²) >= 11 is 0. The lowest BCUT2D eigenvalue weighted by Crippen LogP contribution is -2.49. The molecular formula is C28H37N3O4S. The fraction of sp³-hybridized carbons (Fsp3) is 0.500. The van der Waals surface area contributed by atoms with Gasteiger partial charge in [0.1, 0.15) is 0 Å². The molecule has 1 aliphatic carbocycles. The van der Waals surface area contributed by atoms with E-state index in [0.717, 1.165) is 50.6 Å². The van der Waals surface area contributed by atoms with Crippen LogP contribution in [0.4, 0.5) is 0 Å². The fourth-order valence-corrected chi connectivity index (χ4v) is 6.98. The average Bonchev–Trinajstić information content (AvgIpc) is 3.41. The van der Waals surface area contributed by atoms with Gasteiger partial charge in [0.15, 0.2) is 5.78 Å². The number of carbonyl (C=O) groups excluding carboxylic acids is 2. The number of likely N-dealkylation sites (N-methyl/N-ethyl adjacent to an activating group) is 1. The number of rotatable bonds is 9. The van der Waals surface area contributed by atoms with Gasteiger partial charge in [0.05, 0.1) is 22.4 Å². The molecule has 4 rings (SSSR count).